The largest absolute Gasteiger partial charge is 0.496 e. The zero-order chi connectivity index (χ0) is 37.9. The molecular formula is C38H49N5O7S2. The monoisotopic (exact) mass is 751 g/mol. The lowest BCUT2D eigenvalue weighted by Crippen LogP contribution is -2.57. The number of benzene rings is 1. The summed E-state index contributed by atoms with van der Waals surface area (Å²) in [6.07, 6.45) is 2.10. The number of carbonyl (C=O) groups is 3. The summed E-state index contributed by atoms with van der Waals surface area (Å²) in [7, 11) is 0.0156. The van der Waals surface area contributed by atoms with Gasteiger partial charge in [-0.1, -0.05) is 26.8 Å². The van der Waals surface area contributed by atoms with Crippen molar-refractivity contribution in [1.82, 2.24) is 24.9 Å². The number of fused-ring (bicyclic) bond motifs is 1. The van der Waals surface area contributed by atoms with Crippen molar-refractivity contribution < 1.29 is 32.8 Å². The van der Waals surface area contributed by atoms with E-state index >= 15 is 0 Å². The third-order valence-corrected chi connectivity index (χ3v) is 12.9. The molecule has 3 amide bonds. The molecule has 6 atom stereocenters. The maximum absolute atomic E-state index is 14.3. The maximum atomic E-state index is 14.3. The number of methoxy groups -OCH3 is 1. The van der Waals surface area contributed by atoms with Crippen LogP contribution < -0.4 is 19.5 Å². The van der Waals surface area contributed by atoms with Crippen LogP contribution in [0.4, 0.5) is 4.79 Å². The number of carbonyl (C=O) groups excluding carboxylic acids is 3. The van der Waals surface area contributed by atoms with Crippen LogP contribution in [0.15, 0.2) is 36.2 Å². The van der Waals surface area contributed by atoms with E-state index in [1.54, 1.807) is 34.0 Å². The lowest BCUT2D eigenvalue weighted by Gasteiger charge is -2.30. The number of likely N-dealkylation sites (tertiary alicyclic amines) is 1. The number of ether oxygens (including phenoxy) is 3. The topological polar surface area (TPSA) is 149 Å². The molecule has 2 aliphatic carbocycles. The van der Waals surface area contributed by atoms with Crippen molar-refractivity contribution in [3.8, 4) is 22.2 Å². The maximum Gasteiger partial charge on any atom is 0.411 e. The molecule has 12 nitrogen and oxygen atoms in total. The number of aromatic nitrogens is 2. The molecule has 0 spiro atoms. The van der Waals surface area contributed by atoms with Crippen molar-refractivity contribution in [3.63, 3.8) is 0 Å². The van der Waals surface area contributed by atoms with Gasteiger partial charge in [0.2, 0.25) is 5.91 Å². The van der Waals surface area contributed by atoms with Crippen LogP contribution in [-0.4, -0.2) is 78.7 Å². The summed E-state index contributed by atoms with van der Waals surface area (Å²) in [4.78, 5) is 52.9. The third kappa shape index (κ3) is 7.15. The first-order valence-electron chi connectivity index (χ1n) is 17.7. The van der Waals surface area contributed by atoms with E-state index in [9.17, 15) is 18.6 Å². The van der Waals surface area contributed by atoms with E-state index in [1.165, 1.54) is 16.2 Å². The summed E-state index contributed by atoms with van der Waals surface area (Å²) in [6.45, 7) is 19.0. The number of hydrogen-bond donors (Lipinski definition) is 2. The fourth-order valence-corrected chi connectivity index (χ4v) is 8.63. The lowest BCUT2D eigenvalue weighted by molar-refractivity contribution is -0.132. The Morgan fingerprint density at radius 3 is 2.46 bits per heavy atom. The van der Waals surface area contributed by atoms with Gasteiger partial charge in [-0.15, -0.1) is 17.9 Å². The molecule has 2 saturated carbocycles. The molecule has 0 bridgehead atoms. The predicted octanol–water partition coefficient (Wildman–Crippen LogP) is 6.19. The molecule has 280 valence electrons. The Bertz CT molecular complexity index is 1950. The Morgan fingerprint density at radius 1 is 1.17 bits per heavy atom. The molecule has 3 fully saturated rings. The van der Waals surface area contributed by atoms with Crippen molar-refractivity contribution in [2.45, 2.75) is 109 Å². The predicted molar refractivity (Wildman–Crippen MR) is 202 cm³/mol. The fraction of sp³-hybridized carbons (Fsp3) is 0.553. The van der Waals surface area contributed by atoms with Gasteiger partial charge in [0.25, 0.3) is 5.91 Å². The van der Waals surface area contributed by atoms with E-state index in [1.807, 2.05) is 44.4 Å². The molecule has 3 aromatic rings. The first-order chi connectivity index (χ1) is 24.4. The Balaban J connectivity index is 1.34. The van der Waals surface area contributed by atoms with Crippen LogP contribution in [0.2, 0.25) is 0 Å². The first kappa shape index (κ1) is 37.7. The summed E-state index contributed by atoms with van der Waals surface area (Å²) >= 11 is 1.50. The van der Waals surface area contributed by atoms with Crippen LogP contribution in [0.5, 0.6) is 11.5 Å². The molecule has 6 unspecified atom stereocenters. The van der Waals surface area contributed by atoms with Gasteiger partial charge in [-0.05, 0) is 71.9 Å². The summed E-state index contributed by atoms with van der Waals surface area (Å²) in [5.74, 6) is -0.501. The second-order valence-electron chi connectivity index (χ2n) is 15.8. The number of rotatable bonds is 11. The van der Waals surface area contributed by atoms with Crippen LogP contribution >= 0.6 is 11.3 Å². The molecule has 3 heterocycles. The highest BCUT2D eigenvalue weighted by atomic mass is 32.2. The quantitative estimate of drug-likeness (QED) is 0.219. The molecule has 1 aliphatic heterocycles. The number of hydrogen-bond acceptors (Lipinski definition) is 10. The van der Waals surface area contributed by atoms with E-state index in [-0.39, 0.29) is 18.4 Å². The van der Waals surface area contributed by atoms with Gasteiger partial charge in [0, 0.05) is 34.2 Å². The molecule has 6 rings (SSSR count). The van der Waals surface area contributed by atoms with Crippen molar-refractivity contribution >= 4 is 51.1 Å². The minimum atomic E-state index is -1.60. The highest BCUT2D eigenvalue weighted by molar-refractivity contribution is 7.85. The average molecular weight is 752 g/mol. The van der Waals surface area contributed by atoms with Gasteiger partial charge in [-0.2, -0.15) is 0 Å². The minimum Gasteiger partial charge on any atom is -0.496 e. The molecule has 2 aromatic heterocycles. The van der Waals surface area contributed by atoms with Crippen LogP contribution in [0.25, 0.3) is 21.6 Å². The highest BCUT2D eigenvalue weighted by Crippen LogP contribution is 2.47. The second-order valence-corrected chi connectivity index (χ2v) is 18.4. The van der Waals surface area contributed by atoms with Gasteiger partial charge in [-0.3, -0.25) is 19.2 Å². The average Bonchev–Trinajstić information content (AvgIpc) is 3.89. The molecule has 0 radical (unpaired) electrons. The minimum absolute atomic E-state index is 0.0453. The van der Waals surface area contributed by atoms with E-state index in [0.29, 0.717) is 29.1 Å². The van der Waals surface area contributed by atoms with E-state index in [2.05, 4.69) is 30.5 Å². The second kappa shape index (κ2) is 13.7. The van der Waals surface area contributed by atoms with Crippen molar-refractivity contribution in [2.24, 2.45) is 11.8 Å². The van der Waals surface area contributed by atoms with Crippen molar-refractivity contribution in [3.05, 3.63) is 47.5 Å². The van der Waals surface area contributed by atoms with E-state index in [0.717, 1.165) is 34.5 Å². The summed E-state index contributed by atoms with van der Waals surface area (Å²) in [5, 5.41) is 6.46. The van der Waals surface area contributed by atoms with Gasteiger partial charge in [-0.25, -0.2) is 19.0 Å². The molecule has 1 aromatic carbocycles. The van der Waals surface area contributed by atoms with Gasteiger partial charge in [0.1, 0.15) is 56.5 Å². The standard InChI is InChI=1S/C38H49N5O7S2/c1-11-23-17-38(23,34(45)42-52(47)37(9)14-15-37)41-32(44)31-22(5)29(18-43(31)35(46)50-36(6,7)8)49-28-16-25(33-40-26(19-51-33)20(2)3)39-30-21(4)27(48-10)13-12-24(28)30/h11-13,16,19-20,22-23,29,31H,1,14-15,17-18H2,2-10H3,(H,41,44)(H,42,45). The first-order valence-corrected chi connectivity index (χ1v) is 19.7. The number of nitrogens with one attached hydrogen (secondary N) is 2. The van der Waals surface area contributed by atoms with E-state index < -0.39 is 62.8 Å². The van der Waals surface area contributed by atoms with Crippen LogP contribution in [0.3, 0.4) is 0 Å². The zero-order valence-electron chi connectivity index (χ0n) is 31.3. The molecule has 1 saturated heterocycles. The van der Waals surface area contributed by atoms with Gasteiger partial charge >= 0.3 is 6.09 Å². The van der Waals surface area contributed by atoms with Crippen LogP contribution in [0.1, 0.15) is 84.9 Å². The van der Waals surface area contributed by atoms with Crippen LogP contribution in [0, 0.1) is 18.8 Å². The Morgan fingerprint density at radius 2 is 1.88 bits per heavy atom. The van der Waals surface area contributed by atoms with Gasteiger partial charge in [0.05, 0.1) is 29.6 Å². The molecule has 52 heavy (non-hydrogen) atoms. The van der Waals surface area contributed by atoms with Crippen molar-refractivity contribution in [1.29, 1.82) is 0 Å². The summed E-state index contributed by atoms with van der Waals surface area (Å²) in [5.41, 5.74) is 0.964. The molecular weight excluding hydrogens is 703 g/mol. The summed E-state index contributed by atoms with van der Waals surface area (Å²) in [6, 6.07) is 4.57. The molecule has 14 heteroatoms. The Labute approximate surface area is 311 Å². The number of thiazole rings is 1. The number of aryl methyl sites for hydroxylation is 1. The fourth-order valence-electron chi connectivity index (χ4n) is 6.62. The van der Waals surface area contributed by atoms with Crippen molar-refractivity contribution in [2.75, 3.05) is 13.7 Å². The lowest BCUT2D eigenvalue weighted by atomic mass is 9.98. The van der Waals surface area contributed by atoms with Gasteiger partial charge < -0.3 is 19.5 Å². The smallest absolute Gasteiger partial charge is 0.411 e. The third-order valence-electron chi connectivity index (χ3n) is 10.3. The Kier molecular flexibility index (Phi) is 9.97. The van der Waals surface area contributed by atoms with E-state index in [4.69, 9.17) is 24.2 Å². The zero-order valence-corrected chi connectivity index (χ0v) is 33.0. The highest BCUT2D eigenvalue weighted by Gasteiger charge is 2.62. The number of amides is 3. The SMILES string of the molecule is C=CC1CC1(NC(=O)C1C(C)C(Oc2cc(-c3nc(C(C)C)cs3)nc3c(C)c(OC)ccc23)CN1C(=O)OC(C)(C)C)C(=O)NS(=O)C1(C)CC1. The normalized spacial score (nSPS) is 25.4. The number of pyridine rings is 1. The molecule has 3 aliphatic rings. The number of nitrogens with zero attached hydrogens (tertiary/aromatic N) is 3. The van der Waals surface area contributed by atoms with Gasteiger partial charge in [0.15, 0.2) is 0 Å². The summed E-state index contributed by atoms with van der Waals surface area (Å²) < 4.78 is 33.3. The van der Waals surface area contributed by atoms with Crippen LogP contribution in [-0.2, 0) is 25.3 Å². The molecule has 2 N–H and O–H groups in total. The Hall–Kier alpha value is -4.04.